The molecule has 10 nitrogen and oxygen atoms in total. The zero-order valence-corrected chi connectivity index (χ0v) is 16.5. The van der Waals surface area contributed by atoms with Gasteiger partial charge < -0.3 is 24.9 Å². The van der Waals surface area contributed by atoms with Gasteiger partial charge in [-0.1, -0.05) is 0 Å². The number of nitrogens with zero attached hydrogens (tertiary/aromatic N) is 4. The van der Waals surface area contributed by atoms with Gasteiger partial charge in [-0.15, -0.1) is 11.3 Å². The second-order valence-corrected chi connectivity index (χ2v) is 8.14. The number of aromatic nitrogens is 2. The van der Waals surface area contributed by atoms with Crippen LogP contribution in [0.5, 0.6) is 5.75 Å². The molecule has 2 atom stereocenters. The van der Waals surface area contributed by atoms with E-state index < -0.39 is 18.1 Å². The molecule has 2 unspecified atom stereocenters. The van der Waals surface area contributed by atoms with Crippen molar-refractivity contribution in [1.82, 2.24) is 14.9 Å². The smallest absolute Gasteiger partial charge is 0.465 e. The number of piperazine rings is 1. The highest BCUT2D eigenvalue weighted by Crippen LogP contribution is 2.41. The van der Waals surface area contributed by atoms with Crippen LogP contribution in [0.4, 0.5) is 19.6 Å². The number of hydrogen-bond acceptors (Lipinski definition) is 8. The summed E-state index contributed by atoms with van der Waals surface area (Å²) in [5.41, 5.74) is 5.39. The maximum Gasteiger partial charge on any atom is 0.482 e. The maximum absolute atomic E-state index is 13.8. The minimum Gasteiger partial charge on any atom is -0.465 e. The minimum atomic E-state index is -4.23. The van der Waals surface area contributed by atoms with Crippen LogP contribution in [0.15, 0.2) is 28.1 Å². The first-order valence-electron chi connectivity index (χ1n) is 9.21. The summed E-state index contributed by atoms with van der Waals surface area (Å²) in [5.74, 6) is -2.30. The van der Waals surface area contributed by atoms with E-state index in [1.54, 1.807) is 16.5 Å². The summed E-state index contributed by atoms with van der Waals surface area (Å²) in [6.45, 7) is 0.714. The number of piperidine rings is 1. The lowest BCUT2D eigenvalue weighted by Crippen LogP contribution is -2.70. The van der Waals surface area contributed by atoms with Gasteiger partial charge in [-0.25, -0.2) is 9.78 Å². The Kier molecular flexibility index (Phi) is 4.25. The third-order valence-electron chi connectivity index (χ3n) is 5.37. The molecule has 162 valence electrons. The summed E-state index contributed by atoms with van der Waals surface area (Å²) in [6, 6.07) is 2.50. The number of amides is 2. The van der Waals surface area contributed by atoms with Crippen molar-refractivity contribution in [3.63, 3.8) is 0 Å². The Bertz CT molecular complexity index is 1170. The highest BCUT2D eigenvalue weighted by Gasteiger charge is 2.48. The Labute approximate surface area is 176 Å². The van der Waals surface area contributed by atoms with Gasteiger partial charge in [0.05, 0.1) is 17.6 Å². The molecule has 0 spiro atoms. The van der Waals surface area contributed by atoms with E-state index in [0.717, 1.165) is 6.42 Å². The van der Waals surface area contributed by atoms with Crippen molar-refractivity contribution in [3.8, 4) is 16.3 Å². The summed E-state index contributed by atoms with van der Waals surface area (Å²) in [5, 5.41) is 11.6. The number of fused-ring (bicyclic) bond motifs is 3. The number of anilines is 1. The van der Waals surface area contributed by atoms with E-state index in [4.69, 9.17) is 10.2 Å². The normalized spacial score (nSPS) is 20.6. The fraction of sp³-hybridized carbons (Fsp3) is 0.333. The molecule has 3 aliphatic rings. The first-order valence-corrected chi connectivity index (χ1v) is 10.1. The number of oxazole rings is 1. The number of primary amides is 1. The van der Waals surface area contributed by atoms with Crippen molar-refractivity contribution in [2.24, 2.45) is 5.73 Å². The van der Waals surface area contributed by atoms with Crippen molar-refractivity contribution in [3.05, 3.63) is 23.7 Å². The number of rotatable bonds is 5. The second kappa shape index (κ2) is 6.77. The van der Waals surface area contributed by atoms with Gasteiger partial charge in [0.1, 0.15) is 5.01 Å². The van der Waals surface area contributed by atoms with Gasteiger partial charge in [0.2, 0.25) is 0 Å². The molecule has 6 rings (SSSR count). The van der Waals surface area contributed by atoms with Crippen molar-refractivity contribution in [1.29, 1.82) is 0 Å². The summed E-state index contributed by atoms with van der Waals surface area (Å²) in [6.07, 6.45) is -2.88. The molecule has 3 N–H and O–H groups in total. The van der Waals surface area contributed by atoms with Crippen molar-refractivity contribution < 1.29 is 32.6 Å². The minimum absolute atomic E-state index is 0.0158. The number of carbonyl (C=O) groups is 2. The molecular formula is C18H15F2N5O5S. The average Bonchev–Trinajstić information content (AvgIpc) is 3.38. The first kappa shape index (κ1) is 19.5. The van der Waals surface area contributed by atoms with Gasteiger partial charge in [-0.2, -0.15) is 13.8 Å². The van der Waals surface area contributed by atoms with Gasteiger partial charge >= 0.3 is 18.1 Å². The fourth-order valence-electron chi connectivity index (χ4n) is 3.98. The lowest BCUT2D eigenvalue weighted by atomic mass is 9.88. The average molecular weight is 451 g/mol. The fourth-order valence-corrected chi connectivity index (χ4v) is 4.64. The molecule has 0 aliphatic carbocycles. The number of carbonyl (C=O) groups excluding carboxylic acids is 1. The van der Waals surface area contributed by atoms with Crippen LogP contribution in [0.1, 0.15) is 6.42 Å². The molecule has 2 amide bonds. The number of benzene rings is 1. The third kappa shape index (κ3) is 3.12. The van der Waals surface area contributed by atoms with Gasteiger partial charge in [-0.3, -0.25) is 9.69 Å². The summed E-state index contributed by atoms with van der Waals surface area (Å²) < 4.78 is 38.2. The largest absolute Gasteiger partial charge is 0.482 e. The van der Waals surface area contributed by atoms with Crippen LogP contribution in [0.3, 0.4) is 0 Å². The van der Waals surface area contributed by atoms with Gasteiger partial charge in [0.15, 0.2) is 16.8 Å². The van der Waals surface area contributed by atoms with E-state index in [2.05, 4.69) is 14.7 Å². The Morgan fingerprint density at radius 1 is 1.32 bits per heavy atom. The number of nitrogens with two attached hydrogens (primary N) is 1. The Hall–Kier alpha value is -3.48. The summed E-state index contributed by atoms with van der Waals surface area (Å²) in [7, 11) is 0. The number of halogens is 2. The molecule has 5 heterocycles. The molecule has 3 aromatic rings. The standard InChI is InChI=1S/C18H15F2N5O5S/c19-18(20,15(21)26)30-11-2-1-10(14-22-3-4-31-14)13-12(11)23-16(29-13)24-6-8-5-9(7-24)25(8)17(27)28/h1-4,8-9H,5-7H2,(H2,21,26)(H,27,28). The van der Waals surface area contributed by atoms with Crippen molar-refractivity contribution >= 4 is 40.5 Å². The molecule has 3 aliphatic heterocycles. The molecular weight excluding hydrogens is 436 g/mol. The zero-order chi connectivity index (χ0) is 21.9. The van der Waals surface area contributed by atoms with Gasteiger partial charge in [-0.05, 0) is 18.6 Å². The van der Waals surface area contributed by atoms with Crippen LogP contribution in [0.2, 0.25) is 0 Å². The lowest BCUT2D eigenvalue weighted by molar-refractivity contribution is -0.189. The predicted molar refractivity (Wildman–Crippen MR) is 104 cm³/mol. The van der Waals surface area contributed by atoms with Crippen LogP contribution in [0, 0.1) is 0 Å². The number of ether oxygens (including phenoxy) is 1. The quantitative estimate of drug-likeness (QED) is 0.604. The van der Waals surface area contributed by atoms with Crippen LogP contribution < -0.4 is 15.4 Å². The first-order chi connectivity index (χ1) is 14.7. The van der Waals surface area contributed by atoms with Crippen LogP contribution in [-0.2, 0) is 4.79 Å². The molecule has 13 heteroatoms. The van der Waals surface area contributed by atoms with E-state index in [-0.39, 0.29) is 34.9 Å². The Morgan fingerprint density at radius 2 is 2.06 bits per heavy atom. The number of alkyl halides is 2. The molecule has 31 heavy (non-hydrogen) atoms. The van der Waals surface area contributed by atoms with E-state index in [9.17, 15) is 23.5 Å². The number of carboxylic acid groups (broad SMARTS) is 1. The molecule has 2 bridgehead atoms. The Balaban J connectivity index is 1.55. The van der Waals surface area contributed by atoms with Gasteiger partial charge in [0.25, 0.3) is 6.01 Å². The van der Waals surface area contributed by atoms with Crippen LogP contribution >= 0.6 is 11.3 Å². The lowest BCUT2D eigenvalue weighted by Gasteiger charge is -2.54. The molecule has 2 aromatic heterocycles. The van der Waals surface area contributed by atoms with E-state index in [1.165, 1.54) is 28.4 Å². The van der Waals surface area contributed by atoms with E-state index >= 15 is 0 Å². The molecule has 3 fully saturated rings. The number of hydrogen-bond donors (Lipinski definition) is 2. The topological polar surface area (TPSA) is 135 Å². The maximum atomic E-state index is 13.8. The van der Waals surface area contributed by atoms with Gasteiger partial charge in [0, 0.05) is 24.7 Å². The summed E-state index contributed by atoms with van der Waals surface area (Å²) >= 11 is 1.32. The van der Waals surface area contributed by atoms with Crippen LogP contribution in [-0.4, -0.2) is 63.3 Å². The van der Waals surface area contributed by atoms with Crippen LogP contribution in [0.25, 0.3) is 21.7 Å². The molecule has 0 radical (unpaired) electrons. The van der Waals surface area contributed by atoms with E-state index in [0.29, 0.717) is 23.7 Å². The Morgan fingerprint density at radius 3 is 2.68 bits per heavy atom. The number of thiazole rings is 1. The molecule has 1 aromatic carbocycles. The van der Waals surface area contributed by atoms with E-state index in [1.807, 2.05) is 0 Å². The highest BCUT2D eigenvalue weighted by atomic mass is 32.1. The molecule has 3 saturated heterocycles. The third-order valence-corrected chi connectivity index (χ3v) is 6.17. The highest BCUT2D eigenvalue weighted by molar-refractivity contribution is 7.13. The molecule has 0 saturated carbocycles. The monoisotopic (exact) mass is 451 g/mol. The predicted octanol–water partition coefficient (Wildman–Crippen LogP) is 2.35. The second-order valence-electron chi connectivity index (χ2n) is 7.24. The summed E-state index contributed by atoms with van der Waals surface area (Å²) in [4.78, 5) is 34.1. The zero-order valence-electron chi connectivity index (χ0n) is 15.7. The SMILES string of the molecule is NC(=O)C(F)(F)Oc1ccc(-c2nccs2)c2oc(N3CC4CC(C3)N4C(=O)O)nc12. The van der Waals surface area contributed by atoms with Crippen molar-refractivity contribution in [2.45, 2.75) is 24.6 Å². The van der Waals surface area contributed by atoms with Crippen molar-refractivity contribution in [2.75, 3.05) is 18.0 Å².